The molecule has 2 aromatic carbocycles. The third-order valence-electron chi connectivity index (χ3n) is 3.56. The standard InChI is InChI=1S/C18H15FN2O4/c1-21-17(22)13-7-3-2-6-12(13)16(20-21)18(23)25-11-10-24-15-9-5-4-8-14(15)19/h2-9H,10-11H2,1H3. The second-order valence-electron chi connectivity index (χ2n) is 5.24. The number of halogens is 1. The number of esters is 1. The Hall–Kier alpha value is -3.22. The fourth-order valence-corrected chi connectivity index (χ4v) is 2.37. The zero-order chi connectivity index (χ0) is 17.8. The molecule has 0 unspecified atom stereocenters. The van der Waals surface area contributed by atoms with Crippen LogP contribution in [-0.2, 0) is 11.8 Å². The first-order valence-electron chi connectivity index (χ1n) is 7.58. The molecule has 0 saturated heterocycles. The maximum Gasteiger partial charge on any atom is 0.359 e. The van der Waals surface area contributed by atoms with Gasteiger partial charge in [-0.3, -0.25) is 4.79 Å². The highest BCUT2D eigenvalue weighted by molar-refractivity contribution is 6.02. The van der Waals surface area contributed by atoms with Gasteiger partial charge < -0.3 is 9.47 Å². The van der Waals surface area contributed by atoms with Gasteiger partial charge in [0.15, 0.2) is 17.3 Å². The Bertz CT molecular complexity index is 984. The van der Waals surface area contributed by atoms with Crippen molar-refractivity contribution in [1.29, 1.82) is 0 Å². The molecule has 6 nitrogen and oxygen atoms in total. The van der Waals surface area contributed by atoms with Gasteiger partial charge in [0.2, 0.25) is 0 Å². The average Bonchev–Trinajstić information content (AvgIpc) is 2.63. The molecule has 0 spiro atoms. The lowest BCUT2D eigenvalue weighted by Crippen LogP contribution is -2.24. The molecule has 0 radical (unpaired) electrons. The minimum Gasteiger partial charge on any atom is -0.487 e. The summed E-state index contributed by atoms with van der Waals surface area (Å²) < 4.78 is 24.9. The van der Waals surface area contributed by atoms with Gasteiger partial charge in [-0.1, -0.05) is 30.3 Å². The molecule has 0 aliphatic heterocycles. The van der Waals surface area contributed by atoms with Crippen LogP contribution >= 0.6 is 0 Å². The first-order chi connectivity index (χ1) is 12.1. The van der Waals surface area contributed by atoms with E-state index >= 15 is 0 Å². The van der Waals surface area contributed by atoms with E-state index < -0.39 is 11.8 Å². The number of hydrogen-bond acceptors (Lipinski definition) is 5. The van der Waals surface area contributed by atoms with Gasteiger partial charge in [-0.05, 0) is 18.2 Å². The van der Waals surface area contributed by atoms with Crippen LogP contribution in [0.25, 0.3) is 10.8 Å². The fourth-order valence-electron chi connectivity index (χ4n) is 2.37. The molecular weight excluding hydrogens is 327 g/mol. The molecule has 128 valence electrons. The van der Waals surface area contributed by atoms with Gasteiger partial charge in [0.1, 0.15) is 13.2 Å². The van der Waals surface area contributed by atoms with Crippen LogP contribution in [0.15, 0.2) is 53.3 Å². The smallest absolute Gasteiger partial charge is 0.359 e. The van der Waals surface area contributed by atoms with E-state index in [0.717, 1.165) is 4.68 Å². The van der Waals surface area contributed by atoms with E-state index in [1.807, 2.05) is 0 Å². The number of nitrogens with zero attached hydrogens (tertiary/aromatic N) is 2. The Balaban J connectivity index is 1.70. The Morgan fingerprint density at radius 3 is 2.52 bits per heavy atom. The Morgan fingerprint density at radius 2 is 1.76 bits per heavy atom. The summed E-state index contributed by atoms with van der Waals surface area (Å²) in [7, 11) is 1.47. The molecule has 0 atom stereocenters. The van der Waals surface area contributed by atoms with E-state index in [2.05, 4.69) is 5.10 Å². The molecule has 0 fully saturated rings. The average molecular weight is 342 g/mol. The van der Waals surface area contributed by atoms with Crippen LogP contribution < -0.4 is 10.3 Å². The number of fused-ring (bicyclic) bond motifs is 1. The fraction of sp³-hybridized carbons (Fsp3) is 0.167. The molecule has 0 N–H and O–H groups in total. The third-order valence-corrected chi connectivity index (χ3v) is 3.56. The number of carbonyl (C=O) groups is 1. The van der Waals surface area contributed by atoms with Crippen molar-refractivity contribution in [3.63, 3.8) is 0 Å². The van der Waals surface area contributed by atoms with Crippen molar-refractivity contribution in [2.45, 2.75) is 0 Å². The van der Waals surface area contributed by atoms with E-state index in [0.29, 0.717) is 10.8 Å². The minimum absolute atomic E-state index is 0.00360. The number of ether oxygens (including phenoxy) is 2. The van der Waals surface area contributed by atoms with Crippen LogP contribution in [0.2, 0.25) is 0 Å². The monoisotopic (exact) mass is 342 g/mol. The topological polar surface area (TPSA) is 70.4 Å². The highest BCUT2D eigenvalue weighted by atomic mass is 19.1. The molecule has 25 heavy (non-hydrogen) atoms. The Kier molecular flexibility index (Phi) is 4.74. The van der Waals surface area contributed by atoms with Gasteiger partial charge in [0.05, 0.1) is 5.39 Å². The zero-order valence-electron chi connectivity index (χ0n) is 13.4. The minimum atomic E-state index is -0.677. The van der Waals surface area contributed by atoms with E-state index in [-0.39, 0.29) is 30.2 Å². The molecule has 3 rings (SSSR count). The molecule has 1 aromatic heterocycles. The van der Waals surface area contributed by atoms with Gasteiger partial charge in [0.25, 0.3) is 5.56 Å². The van der Waals surface area contributed by atoms with Crippen molar-refractivity contribution >= 4 is 16.7 Å². The largest absolute Gasteiger partial charge is 0.487 e. The quantitative estimate of drug-likeness (QED) is 0.526. The number of rotatable bonds is 5. The summed E-state index contributed by atoms with van der Waals surface area (Å²) >= 11 is 0. The molecule has 0 saturated carbocycles. The number of aromatic nitrogens is 2. The summed E-state index contributed by atoms with van der Waals surface area (Å²) in [6, 6.07) is 12.6. The number of benzene rings is 2. The van der Waals surface area contributed by atoms with Gasteiger partial charge >= 0.3 is 5.97 Å². The summed E-state index contributed by atoms with van der Waals surface area (Å²) in [6.07, 6.45) is 0. The Morgan fingerprint density at radius 1 is 1.08 bits per heavy atom. The van der Waals surface area contributed by atoms with Crippen LogP contribution in [0, 0.1) is 5.82 Å². The first kappa shape index (κ1) is 16.6. The predicted octanol–water partition coefficient (Wildman–Crippen LogP) is 2.31. The highest BCUT2D eigenvalue weighted by Gasteiger charge is 2.16. The second-order valence-corrected chi connectivity index (χ2v) is 5.24. The number of carbonyl (C=O) groups excluding carboxylic acids is 1. The van der Waals surface area contributed by atoms with Crippen molar-refractivity contribution in [2.75, 3.05) is 13.2 Å². The van der Waals surface area contributed by atoms with Gasteiger partial charge in [-0.15, -0.1) is 0 Å². The predicted molar refractivity (Wildman–Crippen MR) is 89.2 cm³/mol. The molecule has 0 aliphatic rings. The van der Waals surface area contributed by atoms with E-state index in [1.54, 1.807) is 36.4 Å². The highest BCUT2D eigenvalue weighted by Crippen LogP contribution is 2.16. The van der Waals surface area contributed by atoms with Crippen molar-refractivity contribution < 1.29 is 18.7 Å². The first-order valence-corrected chi connectivity index (χ1v) is 7.58. The lowest BCUT2D eigenvalue weighted by atomic mass is 10.1. The van der Waals surface area contributed by atoms with Crippen LogP contribution in [-0.4, -0.2) is 29.0 Å². The molecule has 7 heteroatoms. The van der Waals surface area contributed by atoms with E-state index in [9.17, 15) is 14.0 Å². The van der Waals surface area contributed by atoms with Gasteiger partial charge in [-0.2, -0.15) is 5.10 Å². The summed E-state index contributed by atoms with van der Waals surface area (Å²) in [6.45, 7) is -0.0810. The normalized spacial score (nSPS) is 10.6. The molecule has 0 bridgehead atoms. The maximum atomic E-state index is 13.4. The van der Waals surface area contributed by atoms with Crippen LogP contribution in [0.1, 0.15) is 10.5 Å². The SMILES string of the molecule is Cn1nc(C(=O)OCCOc2ccccc2F)c2ccccc2c1=O. The van der Waals surface area contributed by atoms with Gasteiger partial charge in [0, 0.05) is 12.4 Å². The number of para-hydroxylation sites is 1. The molecule has 3 aromatic rings. The third kappa shape index (κ3) is 3.50. The summed E-state index contributed by atoms with van der Waals surface area (Å²) in [5.41, 5.74) is -0.251. The van der Waals surface area contributed by atoms with E-state index in [4.69, 9.17) is 9.47 Å². The van der Waals surface area contributed by atoms with Crippen molar-refractivity contribution in [3.05, 3.63) is 70.4 Å². The van der Waals surface area contributed by atoms with Crippen LogP contribution in [0.5, 0.6) is 5.75 Å². The molecule has 0 amide bonds. The zero-order valence-corrected chi connectivity index (χ0v) is 13.4. The second kappa shape index (κ2) is 7.12. The lowest BCUT2D eigenvalue weighted by molar-refractivity contribution is 0.0441. The summed E-state index contributed by atoms with van der Waals surface area (Å²) in [5.74, 6) is -1.08. The van der Waals surface area contributed by atoms with Crippen molar-refractivity contribution in [1.82, 2.24) is 9.78 Å². The Labute approximate surface area is 142 Å². The molecule has 1 heterocycles. The summed E-state index contributed by atoms with van der Waals surface area (Å²) in [5, 5.41) is 4.79. The van der Waals surface area contributed by atoms with Crippen LogP contribution in [0.3, 0.4) is 0 Å². The van der Waals surface area contributed by atoms with E-state index in [1.165, 1.54) is 19.2 Å². The molecule has 0 aliphatic carbocycles. The summed E-state index contributed by atoms with van der Waals surface area (Å²) in [4.78, 5) is 24.3. The lowest BCUT2D eigenvalue weighted by Gasteiger charge is -2.09. The number of aryl methyl sites for hydroxylation is 1. The van der Waals surface area contributed by atoms with Crippen LogP contribution in [0.4, 0.5) is 4.39 Å². The maximum absolute atomic E-state index is 13.4. The van der Waals surface area contributed by atoms with Gasteiger partial charge in [-0.25, -0.2) is 13.9 Å². The van der Waals surface area contributed by atoms with Crippen molar-refractivity contribution in [3.8, 4) is 5.75 Å². The number of hydrogen-bond donors (Lipinski definition) is 0. The molecular formula is C18H15FN2O4. The van der Waals surface area contributed by atoms with Crippen molar-refractivity contribution in [2.24, 2.45) is 7.05 Å².